The Bertz CT molecular complexity index is 449. The largest absolute Gasteiger partial charge is 0.479 e. The number of rotatable bonds is 5. The fraction of sp³-hybridized carbons (Fsp3) is 0.417. The van der Waals surface area contributed by atoms with Gasteiger partial charge in [-0.2, -0.15) is 0 Å². The molecule has 1 N–H and O–H groups in total. The molecule has 100 valence electrons. The summed E-state index contributed by atoms with van der Waals surface area (Å²) >= 11 is 1.92. The highest BCUT2D eigenvalue weighted by Crippen LogP contribution is 2.38. The highest BCUT2D eigenvalue weighted by molar-refractivity contribution is 14.1. The van der Waals surface area contributed by atoms with E-state index in [0.29, 0.717) is 3.57 Å². The van der Waals surface area contributed by atoms with Crippen LogP contribution >= 0.6 is 22.6 Å². The molecule has 0 fully saturated rings. The molecule has 0 bridgehead atoms. The van der Waals surface area contributed by atoms with Crippen molar-refractivity contribution in [1.29, 1.82) is 0 Å². The SMILES string of the molecule is CCC(F)(F)c1cc(I)ccc1O[C@@H](C)C(=O)O. The number of carbonyl (C=O) groups is 1. The van der Waals surface area contributed by atoms with E-state index in [9.17, 15) is 13.6 Å². The minimum Gasteiger partial charge on any atom is -0.479 e. The maximum Gasteiger partial charge on any atom is 0.344 e. The van der Waals surface area contributed by atoms with Gasteiger partial charge in [0, 0.05) is 9.99 Å². The van der Waals surface area contributed by atoms with Crippen molar-refractivity contribution in [3.8, 4) is 5.75 Å². The summed E-state index contributed by atoms with van der Waals surface area (Å²) in [6, 6.07) is 4.29. The lowest BCUT2D eigenvalue weighted by Crippen LogP contribution is -2.25. The molecule has 0 amide bonds. The molecular formula is C12H13F2IO3. The maximum absolute atomic E-state index is 13.7. The molecule has 1 aromatic carbocycles. The Balaban J connectivity index is 3.15. The molecule has 0 aromatic heterocycles. The van der Waals surface area contributed by atoms with Crippen molar-refractivity contribution in [1.82, 2.24) is 0 Å². The second-order valence-corrected chi connectivity index (χ2v) is 5.04. The number of halogens is 3. The van der Waals surface area contributed by atoms with Gasteiger partial charge in [-0.3, -0.25) is 0 Å². The average Bonchev–Trinajstić information content (AvgIpc) is 2.31. The van der Waals surface area contributed by atoms with E-state index in [-0.39, 0.29) is 17.7 Å². The average molecular weight is 370 g/mol. The minimum atomic E-state index is -3.03. The predicted molar refractivity (Wildman–Crippen MR) is 71.1 cm³/mol. The molecule has 0 spiro atoms. The van der Waals surface area contributed by atoms with Crippen LogP contribution in [0, 0.1) is 3.57 Å². The van der Waals surface area contributed by atoms with Gasteiger partial charge in [0.1, 0.15) is 5.75 Å². The second-order valence-electron chi connectivity index (χ2n) is 3.80. The molecule has 0 heterocycles. The standard InChI is InChI=1S/C12H13F2IO3/c1-3-12(13,14)9-6-8(15)4-5-10(9)18-7(2)11(16)17/h4-7H,3H2,1-2H3,(H,16,17)/t7-/m0/s1. The van der Waals surface area contributed by atoms with Crippen LogP contribution in [0.1, 0.15) is 25.8 Å². The molecule has 0 aliphatic rings. The van der Waals surface area contributed by atoms with Gasteiger partial charge >= 0.3 is 5.97 Å². The predicted octanol–water partition coefficient (Wildman–Crippen LogP) is 3.64. The highest BCUT2D eigenvalue weighted by Gasteiger charge is 2.33. The minimum absolute atomic E-state index is 0.0860. The van der Waals surface area contributed by atoms with E-state index in [2.05, 4.69) is 0 Å². The lowest BCUT2D eigenvalue weighted by Gasteiger charge is -2.20. The summed E-state index contributed by atoms with van der Waals surface area (Å²) in [5.74, 6) is -4.31. The molecular weight excluding hydrogens is 357 g/mol. The van der Waals surface area contributed by atoms with E-state index in [1.54, 1.807) is 6.07 Å². The summed E-state index contributed by atoms with van der Waals surface area (Å²) in [7, 11) is 0. The molecule has 0 saturated heterocycles. The molecule has 0 aliphatic carbocycles. The van der Waals surface area contributed by atoms with E-state index in [1.165, 1.54) is 26.0 Å². The van der Waals surface area contributed by atoms with Gasteiger partial charge in [-0.1, -0.05) is 6.92 Å². The highest BCUT2D eigenvalue weighted by atomic mass is 127. The van der Waals surface area contributed by atoms with Crippen molar-refractivity contribution in [2.45, 2.75) is 32.3 Å². The number of hydrogen-bond acceptors (Lipinski definition) is 2. The molecule has 0 unspecified atom stereocenters. The molecule has 1 rings (SSSR count). The van der Waals surface area contributed by atoms with Gasteiger partial charge in [0.15, 0.2) is 6.10 Å². The van der Waals surface area contributed by atoms with Crippen molar-refractivity contribution in [2.24, 2.45) is 0 Å². The summed E-state index contributed by atoms with van der Waals surface area (Å²) in [6.07, 6.45) is -1.54. The van der Waals surface area contributed by atoms with Gasteiger partial charge in [-0.25, -0.2) is 13.6 Å². The van der Waals surface area contributed by atoms with Crippen LogP contribution < -0.4 is 4.74 Å². The van der Waals surface area contributed by atoms with Gasteiger partial charge < -0.3 is 9.84 Å². The molecule has 1 atom stereocenters. The second kappa shape index (κ2) is 5.81. The van der Waals surface area contributed by atoms with Gasteiger partial charge in [0.25, 0.3) is 5.92 Å². The van der Waals surface area contributed by atoms with E-state index < -0.39 is 18.0 Å². The van der Waals surface area contributed by atoms with Crippen molar-refractivity contribution in [3.05, 3.63) is 27.3 Å². The van der Waals surface area contributed by atoms with Crippen molar-refractivity contribution in [3.63, 3.8) is 0 Å². The van der Waals surface area contributed by atoms with Gasteiger partial charge in [-0.05, 0) is 47.7 Å². The fourth-order valence-electron chi connectivity index (χ4n) is 1.32. The quantitative estimate of drug-likeness (QED) is 0.806. The molecule has 1 aromatic rings. The lowest BCUT2D eigenvalue weighted by atomic mass is 10.1. The van der Waals surface area contributed by atoms with Crippen LogP contribution in [0.3, 0.4) is 0 Å². The Morgan fingerprint density at radius 1 is 1.56 bits per heavy atom. The van der Waals surface area contributed by atoms with Crippen molar-refractivity contribution in [2.75, 3.05) is 0 Å². The summed E-state index contributed by atoms with van der Waals surface area (Å²) in [5, 5.41) is 8.73. The Morgan fingerprint density at radius 3 is 2.67 bits per heavy atom. The van der Waals surface area contributed by atoms with Crippen LogP contribution in [-0.2, 0) is 10.7 Å². The lowest BCUT2D eigenvalue weighted by molar-refractivity contribution is -0.144. The van der Waals surface area contributed by atoms with Crippen LogP contribution in [0.15, 0.2) is 18.2 Å². The molecule has 18 heavy (non-hydrogen) atoms. The number of carboxylic acid groups (broad SMARTS) is 1. The Labute approximate surface area is 117 Å². The summed E-state index contributed by atoms with van der Waals surface area (Å²) < 4.78 is 33.2. The molecule has 0 aliphatic heterocycles. The van der Waals surface area contributed by atoms with E-state index >= 15 is 0 Å². The topological polar surface area (TPSA) is 46.5 Å². The first kappa shape index (κ1) is 15.1. The zero-order valence-corrected chi connectivity index (χ0v) is 12.1. The van der Waals surface area contributed by atoms with Gasteiger partial charge in [0.05, 0.1) is 5.56 Å². The smallest absolute Gasteiger partial charge is 0.344 e. The summed E-state index contributed by atoms with van der Waals surface area (Å²) in [6.45, 7) is 2.67. The van der Waals surface area contributed by atoms with E-state index in [0.717, 1.165) is 0 Å². The molecule has 3 nitrogen and oxygen atoms in total. The third-order valence-electron chi connectivity index (χ3n) is 2.43. The normalized spacial score (nSPS) is 13.2. The van der Waals surface area contributed by atoms with Crippen LogP contribution in [0.5, 0.6) is 5.75 Å². The first-order valence-electron chi connectivity index (χ1n) is 5.35. The molecule has 6 heteroatoms. The third-order valence-corrected chi connectivity index (χ3v) is 3.10. The fourth-order valence-corrected chi connectivity index (χ4v) is 1.81. The zero-order chi connectivity index (χ0) is 13.9. The third kappa shape index (κ3) is 3.54. The Hall–Kier alpha value is -0.920. The van der Waals surface area contributed by atoms with Crippen LogP contribution in [0.4, 0.5) is 8.78 Å². The molecule has 0 radical (unpaired) electrons. The summed E-state index contributed by atoms with van der Waals surface area (Å²) in [4.78, 5) is 10.7. The number of ether oxygens (including phenoxy) is 1. The number of hydrogen-bond donors (Lipinski definition) is 1. The Kier molecular flexibility index (Phi) is 4.89. The number of aliphatic carboxylic acids is 1. The van der Waals surface area contributed by atoms with Crippen LogP contribution in [0.25, 0.3) is 0 Å². The Morgan fingerprint density at radius 2 is 2.17 bits per heavy atom. The molecule has 0 saturated carbocycles. The van der Waals surface area contributed by atoms with E-state index in [4.69, 9.17) is 9.84 Å². The number of alkyl halides is 2. The van der Waals surface area contributed by atoms with Gasteiger partial charge in [0.2, 0.25) is 0 Å². The maximum atomic E-state index is 13.7. The first-order valence-corrected chi connectivity index (χ1v) is 6.43. The van der Waals surface area contributed by atoms with Crippen molar-refractivity contribution < 1.29 is 23.4 Å². The monoisotopic (exact) mass is 370 g/mol. The van der Waals surface area contributed by atoms with Crippen molar-refractivity contribution >= 4 is 28.6 Å². The number of benzene rings is 1. The summed E-state index contributed by atoms with van der Waals surface area (Å²) in [5.41, 5.74) is -0.273. The van der Waals surface area contributed by atoms with E-state index in [1.807, 2.05) is 22.6 Å². The van der Waals surface area contributed by atoms with Crippen LogP contribution in [-0.4, -0.2) is 17.2 Å². The zero-order valence-electron chi connectivity index (χ0n) is 9.91. The first-order chi connectivity index (χ1) is 8.27. The van der Waals surface area contributed by atoms with Gasteiger partial charge in [-0.15, -0.1) is 0 Å². The van der Waals surface area contributed by atoms with Crippen LogP contribution in [0.2, 0.25) is 0 Å². The number of carboxylic acids is 1.